The third-order valence-electron chi connectivity index (χ3n) is 3.31. The highest BCUT2D eigenvalue weighted by molar-refractivity contribution is 5.77. The Morgan fingerprint density at radius 3 is 2.94 bits per heavy atom. The monoisotopic (exact) mass is 232 g/mol. The number of methoxy groups -OCH3 is 1. The minimum absolute atomic E-state index is 0.0102. The summed E-state index contributed by atoms with van der Waals surface area (Å²) in [4.78, 5) is 4.44. The van der Waals surface area contributed by atoms with E-state index in [1.165, 1.54) is 12.8 Å². The predicted octanol–water partition coefficient (Wildman–Crippen LogP) is 1.95. The molecule has 3 rings (SSSR count). The van der Waals surface area contributed by atoms with E-state index in [4.69, 9.17) is 4.74 Å². The molecule has 0 amide bonds. The second-order valence-electron chi connectivity index (χ2n) is 4.59. The lowest BCUT2D eigenvalue weighted by Crippen LogP contribution is -2.05. The summed E-state index contributed by atoms with van der Waals surface area (Å²) >= 11 is 0. The van der Waals surface area contributed by atoms with Crippen LogP contribution in [0.15, 0.2) is 18.2 Å². The molecular formula is C13H16N2O2. The highest BCUT2D eigenvalue weighted by Crippen LogP contribution is 2.33. The Kier molecular flexibility index (Phi) is 2.52. The van der Waals surface area contributed by atoms with Crippen LogP contribution in [0.2, 0.25) is 0 Å². The zero-order chi connectivity index (χ0) is 11.8. The van der Waals surface area contributed by atoms with Gasteiger partial charge in [0.2, 0.25) is 0 Å². The highest BCUT2D eigenvalue weighted by Gasteiger charge is 2.24. The van der Waals surface area contributed by atoms with Gasteiger partial charge in [-0.05, 0) is 30.9 Å². The Balaban J connectivity index is 2.11. The third kappa shape index (κ3) is 1.89. The number of rotatable bonds is 4. The quantitative estimate of drug-likeness (QED) is 0.876. The second-order valence-corrected chi connectivity index (χ2v) is 4.59. The molecule has 1 aliphatic carbocycles. The molecule has 0 unspecified atom stereocenters. The molecule has 0 saturated heterocycles. The molecule has 1 saturated carbocycles. The molecule has 0 atom stereocenters. The number of imidazole rings is 1. The van der Waals surface area contributed by atoms with Gasteiger partial charge in [0.15, 0.2) is 0 Å². The average molecular weight is 232 g/mol. The third-order valence-corrected chi connectivity index (χ3v) is 3.31. The summed E-state index contributed by atoms with van der Waals surface area (Å²) in [6, 6.07) is 5.83. The lowest BCUT2D eigenvalue weighted by atomic mass is 10.3. The van der Waals surface area contributed by atoms with E-state index in [1.807, 2.05) is 18.2 Å². The standard InChI is InChI=1S/C13H16N2O2/c1-17-10-4-5-11-12(6-10)15(7-9-2-3-9)13(8-16)14-11/h4-6,9,16H,2-3,7-8H2,1H3. The van der Waals surface area contributed by atoms with Gasteiger partial charge >= 0.3 is 0 Å². The number of fused-ring (bicyclic) bond motifs is 1. The topological polar surface area (TPSA) is 47.3 Å². The molecule has 0 aliphatic heterocycles. The number of ether oxygens (including phenoxy) is 1. The fourth-order valence-electron chi connectivity index (χ4n) is 2.16. The van der Waals surface area contributed by atoms with Crippen LogP contribution in [0.3, 0.4) is 0 Å². The van der Waals surface area contributed by atoms with Crippen LogP contribution in [0, 0.1) is 5.92 Å². The van der Waals surface area contributed by atoms with Crippen molar-refractivity contribution in [2.75, 3.05) is 7.11 Å². The van der Waals surface area contributed by atoms with Crippen molar-refractivity contribution in [3.8, 4) is 5.75 Å². The molecule has 17 heavy (non-hydrogen) atoms. The number of aliphatic hydroxyl groups is 1. The van der Waals surface area contributed by atoms with Crippen LogP contribution in [0.4, 0.5) is 0 Å². The first-order chi connectivity index (χ1) is 8.31. The Morgan fingerprint density at radius 1 is 1.47 bits per heavy atom. The van der Waals surface area contributed by atoms with E-state index in [2.05, 4.69) is 9.55 Å². The molecule has 1 N–H and O–H groups in total. The van der Waals surface area contributed by atoms with E-state index < -0.39 is 0 Å². The van der Waals surface area contributed by atoms with Crippen LogP contribution in [-0.4, -0.2) is 21.8 Å². The normalized spacial score (nSPS) is 15.4. The van der Waals surface area contributed by atoms with Crippen molar-refractivity contribution in [3.05, 3.63) is 24.0 Å². The average Bonchev–Trinajstić information content (AvgIpc) is 3.11. The number of hydrogen-bond donors (Lipinski definition) is 1. The molecule has 1 aromatic carbocycles. The van der Waals surface area contributed by atoms with Gasteiger partial charge in [-0.15, -0.1) is 0 Å². The first-order valence-corrected chi connectivity index (χ1v) is 5.96. The summed E-state index contributed by atoms with van der Waals surface area (Å²) in [5.41, 5.74) is 1.98. The largest absolute Gasteiger partial charge is 0.497 e. The molecular weight excluding hydrogens is 216 g/mol. The van der Waals surface area contributed by atoms with Crippen LogP contribution in [0.25, 0.3) is 11.0 Å². The first-order valence-electron chi connectivity index (χ1n) is 5.96. The fraction of sp³-hybridized carbons (Fsp3) is 0.462. The van der Waals surface area contributed by atoms with Crippen molar-refractivity contribution >= 4 is 11.0 Å². The minimum Gasteiger partial charge on any atom is -0.497 e. The van der Waals surface area contributed by atoms with Gasteiger partial charge in [-0.3, -0.25) is 0 Å². The summed E-state index contributed by atoms with van der Waals surface area (Å²) in [5.74, 6) is 2.34. The van der Waals surface area contributed by atoms with Crippen LogP contribution >= 0.6 is 0 Å². The van der Waals surface area contributed by atoms with Gasteiger partial charge in [0, 0.05) is 12.6 Å². The first kappa shape index (κ1) is 10.6. The Hall–Kier alpha value is -1.55. The zero-order valence-electron chi connectivity index (χ0n) is 9.89. The van der Waals surface area contributed by atoms with Crippen LogP contribution in [0.1, 0.15) is 18.7 Å². The molecule has 4 nitrogen and oxygen atoms in total. The summed E-state index contributed by atoms with van der Waals surface area (Å²) in [5, 5.41) is 9.36. The van der Waals surface area contributed by atoms with Crippen LogP contribution in [-0.2, 0) is 13.2 Å². The molecule has 0 radical (unpaired) electrons. The maximum absolute atomic E-state index is 9.36. The summed E-state index contributed by atoms with van der Waals surface area (Å²) in [6.45, 7) is 0.948. The SMILES string of the molecule is COc1ccc2nc(CO)n(CC3CC3)c2c1. The van der Waals surface area contributed by atoms with Gasteiger partial charge in [-0.1, -0.05) is 0 Å². The van der Waals surface area contributed by atoms with Crippen molar-refractivity contribution in [2.24, 2.45) is 5.92 Å². The Bertz CT molecular complexity index is 544. The molecule has 4 heteroatoms. The van der Waals surface area contributed by atoms with Gasteiger partial charge in [0.1, 0.15) is 18.2 Å². The van der Waals surface area contributed by atoms with E-state index in [-0.39, 0.29) is 6.61 Å². The number of nitrogens with zero attached hydrogens (tertiary/aromatic N) is 2. The van der Waals surface area contributed by atoms with E-state index in [0.717, 1.165) is 35.1 Å². The predicted molar refractivity (Wildman–Crippen MR) is 64.9 cm³/mol. The molecule has 1 aromatic heterocycles. The summed E-state index contributed by atoms with van der Waals surface area (Å²) < 4.78 is 7.36. The maximum Gasteiger partial charge on any atom is 0.135 e. The van der Waals surface area contributed by atoms with Crippen molar-refractivity contribution in [1.29, 1.82) is 0 Å². The number of benzene rings is 1. The van der Waals surface area contributed by atoms with Gasteiger partial charge in [0.25, 0.3) is 0 Å². The highest BCUT2D eigenvalue weighted by atomic mass is 16.5. The van der Waals surface area contributed by atoms with Gasteiger partial charge in [0.05, 0.1) is 18.1 Å². The summed E-state index contributed by atoms with van der Waals surface area (Å²) in [6.07, 6.45) is 2.57. The van der Waals surface area contributed by atoms with Gasteiger partial charge < -0.3 is 14.4 Å². The van der Waals surface area contributed by atoms with E-state index in [9.17, 15) is 5.11 Å². The molecule has 1 aliphatic rings. The smallest absolute Gasteiger partial charge is 0.135 e. The molecule has 0 bridgehead atoms. The van der Waals surface area contributed by atoms with Gasteiger partial charge in [-0.25, -0.2) is 4.98 Å². The Labute approximate surface area is 99.8 Å². The van der Waals surface area contributed by atoms with E-state index >= 15 is 0 Å². The minimum atomic E-state index is -0.0102. The van der Waals surface area contributed by atoms with Crippen LogP contribution in [0.5, 0.6) is 5.75 Å². The fourth-order valence-corrected chi connectivity index (χ4v) is 2.16. The molecule has 0 spiro atoms. The second kappa shape index (κ2) is 4.04. The molecule has 2 aromatic rings. The van der Waals surface area contributed by atoms with Crippen LogP contribution < -0.4 is 4.74 Å². The zero-order valence-corrected chi connectivity index (χ0v) is 9.89. The number of hydrogen-bond acceptors (Lipinski definition) is 3. The van der Waals surface area contributed by atoms with E-state index in [1.54, 1.807) is 7.11 Å². The van der Waals surface area contributed by atoms with Crippen molar-refractivity contribution in [3.63, 3.8) is 0 Å². The number of aliphatic hydroxyl groups excluding tert-OH is 1. The van der Waals surface area contributed by atoms with Crippen molar-refractivity contribution in [2.45, 2.75) is 26.0 Å². The molecule has 1 heterocycles. The Morgan fingerprint density at radius 2 is 2.29 bits per heavy atom. The number of aromatic nitrogens is 2. The van der Waals surface area contributed by atoms with Gasteiger partial charge in [-0.2, -0.15) is 0 Å². The maximum atomic E-state index is 9.36. The van der Waals surface area contributed by atoms with Crippen molar-refractivity contribution < 1.29 is 9.84 Å². The lowest BCUT2D eigenvalue weighted by Gasteiger charge is -2.07. The lowest BCUT2D eigenvalue weighted by molar-refractivity contribution is 0.265. The molecule has 90 valence electrons. The molecule has 1 fully saturated rings. The van der Waals surface area contributed by atoms with Crippen molar-refractivity contribution in [1.82, 2.24) is 9.55 Å². The summed E-state index contributed by atoms with van der Waals surface area (Å²) in [7, 11) is 1.66. The van der Waals surface area contributed by atoms with E-state index in [0.29, 0.717) is 0 Å².